The van der Waals surface area contributed by atoms with Crippen LogP contribution in [0.2, 0.25) is 0 Å². The third-order valence-corrected chi connectivity index (χ3v) is 4.19. The molecule has 0 fully saturated rings. The number of nitro groups is 1. The number of alkyl halides is 3. The molecule has 1 aromatic carbocycles. The van der Waals surface area contributed by atoms with Gasteiger partial charge in [-0.15, -0.1) is 0 Å². The molecule has 0 aromatic heterocycles. The van der Waals surface area contributed by atoms with E-state index in [-0.39, 0.29) is 23.6 Å². The largest absolute Gasteiger partial charge is 0.463 e. The molecule has 2 amide bonds. The molecule has 2 rings (SSSR count). The molecule has 1 aromatic rings. The molecule has 174 valence electrons. The van der Waals surface area contributed by atoms with Gasteiger partial charge in [-0.25, -0.2) is 9.59 Å². The van der Waals surface area contributed by atoms with Crippen molar-refractivity contribution in [3.63, 3.8) is 0 Å². The van der Waals surface area contributed by atoms with E-state index >= 15 is 0 Å². The lowest BCUT2D eigenvalue weighted by molar-refractivity contribution is -0.384. The van der Waals surface area contributed by atoms with E-state index in [9.17, 15) is 37.7 Å². The van der Waals surface area contributed by atoms with Gasteiger partial charge in [-0.2, -0.15) is 13.2 Å². The molecule has 1 unspecified atom stereocenters. The highest BCUT2D eigenvalue weighted by Gasteiger charge is 2.33. The van der Waals surface area contributed by atoms with Crippen molar-refractivity contribution in [2.24, 2.45) is 0 Å². The van der Waals surface area contributed by atoms with Crippen molar-refractivity contribution in [2.45, 2.75) is 26.1 Å². The van der Waals surface area contributed by atoms with Crippen molar-refractivity contribution >= 4 is 29.3 Å². The Labute approximate surface area is 179 Å². The SMILES string of the molecule is CCOC(=O)C1=C(COC(=O)CNc2ccc(C(F)(F)F)cc2[N+](=O)[O-])NC(=O)NC1C. The molecule has 1 heterocycles. The molecule has 1 aliphatic heterocycles. The Hall–Kier alpha value is -3.84. The summed E-state index contributed by atoms with van der Waals surface area (Å²) in [5.74, 6) is -1.67. The summed E-state index contributed by atoms with van der Waals surface area (Å²) in [7, 11) is 0. The number of carbonyl (C=O) groups is 3. The first-order chi connectivity index (χ1) is 14.9. The van der Waals surface area contributed by atoms with E-state index in [4.69, 9.17) is 9.47 Å². The Morgan fingerprint density at radius 1 is 1.28 bits per heavy atom. The van der Waals surface area contributed by atoms with Gasteiger partial charge < -0.3 is 25.4 Å². The Morgan fingerprint density at radius 2 is 1.97 bits per heavy atom. The number of nitrogens with zero attached hydrogens (tertiary/aromatic N) is 1. The second-order valence-electron chi connectivity index (χ2n) is 6.43. The fourth-order valence-corrected chi connectivity index (χ4v) is 2.77. The normalized spacial score (nSPS) is 16.0. The van der Waals surface area contributed by atoms with Gasteiger partial charge in [-0.05, 0) is 26.0 Å². The van der Waals surface area contributed by atoms with Crippen LogP contribution in [0.15, 0.2) is 29.5 Å². The number of ether oxygens (including phenoxy) is 2. The molecule has 1 aliphatic rings. The molecular formula is C18H19F3N4O7. The average molecular weight is 460 g/mol. The number of nitro benzene ring substituents is 1. The lowest BCUT2D eigenvalue weighted by Crippen LogP contribution is -2.50. The molecule has 32 heavy (non-hydrogen) atoms. The van der Waals surface area contributed by atoms with E-state index in [1.807, 2.05) is 0 Å². The van der Waals surface area contributed by atoms with Gasteiger partial charge in [0.25, 0.3) is 5.69 Å². The number of amides is 2. The molecule has 3 N–H and O–H groups in total. The fraction of sp³-hybridized carbons (Fsp3) is 0.389. The first-order valence-electron chi connectivity index (χ1n) is 9.16. The smallest absolute Gasteiger partial charge is 0.416 e. The lowest BCUT2D eigenvalue weighted by Gasteiger charge is -2.26. The summed E-state index contributed by atoms with van der Waals surface area (Å²) in [6.07, 6.45) is -4.77. The number of carbonyl (C=O) groups excluding carboxylic acids is 3. The van der Waals surface area contributed by atoms with Gasteiger partial charge in [0.1, 0.15) is 18.8 Å². The number of urea groups is 1. The van der Waals surface area contributed by atoms with E-state index in [2.05, 4.69) is 16.0 Å². The zero-order chi connectivity index (χ0) is 24.1. The standard InChI is InChI=1S/C18H19F3N4O7/c1-3-31-16(27)15-9(2)23-17(28)24-12(15)8-32-14(26)7-22-11-5-4-10(18(19,20)21)6-13(11)25(29)30/h4-6,9,22H,3,7-8H2,1-2H3,(H2,23,24,28). The summed E-state index contributed by atoms with van der Waals surface area (Å²) in [6.45, 7) is 2.05. The van der Waals surface area contributed by atoms with Crippen molar-refractivity contribution in [3.05, 3.63) is 45.1 Å². The molecule has 0 saturated heterocycles. The molecule has 14 heteroatoms. The van der Waals surface area contributed by atoms with Gasteiger partial charge in [-0.3, -0.25) is 14.9 Å². The second kappa shape index (κ2) is 9.98. The number of benzene rings is 1. The van der Waals surface area contributed by atoms with Crippen LogP contribution in [0.5, 0.6) is 0 Å². The number of hydrogen-bond donors (Lipinski definition) is 3. The number of esters is 2. The van der Waals surface area contributed by atoms with E-state index in [1.54, 1.807) is 6.92 Å². The van der Waals surface area contributed by atoms with Gasteiger partial charge in [0, 0.05) is 6.07 Å². The van der Waals surface area contributed by atoms with Crippen LogP contribution in [0.25, 0.3) is 0 Å². The van der Waals surface area contributed by atoms with Crippen LogP contribution in [0.1, 0.15) is 19.4 Å². The summed E-state index contributed by atoms with van der Waals surface area (Å²) in [4.78, 5) is 45.9. The van der Waals surface area contributed by atoms with Crippen molar-refractivity contribution in [3.8, 4) is 0 Å². The van der Waals surface area contributed by atoms with Gasteiger partial charge in [0.05, 0.1) is 34.4 Å². The Morgan fingerprint density at radius 3 is 2.56 bits per heavy atom. The summed E-state index contributed by atoms with van der Waals surface area (Å²) in [5.41, 5.74) is -2.37. The monoisotopic (exact) mass is 460 g/mol. The quantitative estimate of drug-likeness (QED) is 0.303. The summed E-state index contributed by atoms with van der Waals surface area (Å²) in [6, 6.07) is 0.447. The molecule has 0 aliphatic carbocycles. The Kier molecular flexibility index (Phi) is 7.62. The van der Waals surface area contributed by atoms with E-state index < -0.39 is 59.5 Å². The summed E-state index contributed by atoms with van der Waals surface area (Å²) >= 11 is 0. The molecule has 11 nitrogen and oxygen atoms in total. The predicted octanol–water partition coefficient (Wildman–Crippen LogP) is 2.09. The van der Waals surface area contributed by atoms with Crippen LogP contribution < -0.4 is 16.0 Å². The first kappa shape index (κ1) is 24.4. The minimum Gasteiger partial charge on any atom is -0.463 e. The minimum absolute atomic E-state index is 0.00596. The van der Waals surface area contributed by atoms with Crippen molar-refractivity contribution in [2.75, 3.05) is 25.1 Å². The Balaban J connectivity index is 2.08. The molecule has 0 bridgehead atoms. The molecule has 0 saturated carbocycles. The highest BCUT2D eigenvalue weighted by atomic mass is 19.4. The molecular weight excluding hydrogens is 441 g/mol. The number of anilines is 1. The fourth-order valence-electron chi connectivity index (χ4n) is 2.77. The topological polar surface area (TPSA) is 149 Å². The maximum Gasteiger partial charge on any atom is 0.416 e. The lowest BCUT2D eigenvalue weighted by atomic mass is 10.0. The average Bonchev–Trinajstić information content (AvgIpc) is 2.69. The van der Waals surface area contributed by atoms with Crippen molar-refractivity contribution < 1.29 is 42.0 Å². The van der Waals surface area contributed by atoms with E-state index in [1.165, 1.54) is 6.92 Å². The number of halogens is 3. The highest BCUT2D eigenvalue weighted by Crippen LogP contribution is 2.34. The van der Waals surface area contributed by atoms with Crippen LogP contribution >= 0.6 is 0 Å². The summed E-state index contributed by atoms with van der Waals surface area (Å²) in [5, 5.41) is 18.2. The van der Waals surface area contributed by atoms with E-state index in [0.717, 1.165) is 6.07 Å². The van der Waals surface area contributed by atoms with Crippen LogP contribution in [0, 0.1) is 10.1 Å². The number of rotatable bonds is 8. The van der Waals surface area contributed by atoms with Gasteiger partial charge in [0.15, 0.2) is 0 Å². The molecule has 0 spiro atoms. The van der Waals surface area contributed by atoms with Crippen LogP contribution in [-0.4, -0.2) is 48.7 Å². The third kappa shape index (κ3) is 6.09. The first-order valence-corrected chi connectivity index (χ1v) is 9.16. The summed E-state index contributed by atoms with van der Waals surface area (Å²) < 4.78 is 48.2. The number of hydrogen-bond acceptors (Lipinski definition) is 8. The second-order valence-corrected chi connectivity index (χ2v) is 6.43. The Bertz CT molecular complexity index is 962. The van der Waals surface area contributed by atoms with Crippen LogP contribution in [0.4, 0.5) is 29.3 Å². The maximum absolute atomic E-state index is 12.8. The third-order valence-electron chi connectivity index (χ3n) is 4.19. The number of nitrogens with one attached hydrogen (secondary N) is 3. The molecule has 1 atom stereocenters. The van der Waals surface area contributed by atoms with Gasteiger partial charge in [-0.1, -0.05) is 0 Å². The zero-order valence-corrected chi connectivity index (χ0v) is 16.9. The highest BCUT2D eigenvalue weighted by molar-refractivity contribution is 5.94. The van der Waals surface area contributed by atoms with Gasteiger partial charge >= 0.3 is 24.1 Å². The molecule has 0 radical (unpaired) electrons. The van der Waals surface area contributed by atoms with E-state index in [0.29, 0.717) is 12.1 Å². The zero-order valence-electron chi connectivity index (χ0n) is 16.9. The maximum atomic E-state index is 12.8. The van der Waals surface area contributed by atoms with Crippen LogP contribution in [-0.2, 0) is 25.2 Å². The van der Waals surface area contributed by atoms with Crippen molar-refractivity contribution in [1.29, 1.82) is 0 Å². The predicted molar refractivity (Wildman–Crippen MR) is 102 cm³/mol. The van der Waals surface area contributed by atoms with Crippen molar-refractivity contribution in [1.82, 2.24) is 10.6 Å². The van der Waals surface area contributed by atoms with Crippen LogP contribution in [0.3, 0.4) is 0 Å². The van der Waals surface area contributed by atoms with Gasteiger partial charge in [0.2, 0.25) is 0 Å². The minimum atomic E-state index is -4.77.